The van der Waals surface area contributed by atoms with E-state index in [1.165, 1.54) is 0 Å². The Bertz CT molecular complexity index is 898. The molecule has 3 aromatic rings. The molecule has 3 rings (SSSR count). The zero-order valence-electron chi connectivity index (χ0n) is 14.3. The number of halogens is 1. The normalized spacial score (nSPS) is 10.4. The number of nitrogens with zero attached hydrogens (tertiary/aromatic N) is 2. The van der Waals surface area contributed by atoms with E-state index in [0.717, 1.165) is 32.9 Å². The van der Waals surface area contributed by atoms with Gasteiger partial charge in [-0.3, -0.25) is 0 Å². The van der Waals surface area contributed by atoms with Crippen molar-refractivity contribution >= 4 is 39.1 Å². The zero-order valence-corrected chi connectivity index (χ0v) is 15.9. The molecule has 0 spiro atoms. The van der Waals surface area contributed by atoms with Crippen molar-refractivity contribution in [3.63, 3.8) is 0 Å². The highest BCUT2D eigenvalue weighted by Gasteiger charge is 2.08. The molecular formula is C19H19BrN4O. The molecule has 5 nitrogen and oxygen atoms in total. The molecule has 0 radical (unpaired) electrons. The molecule has 0 saturated carbocycles. The number of ether oxygens (including phenoxy) is 1. The Kier molecular flexibility index (Phi) is 5.19. The van der Waals surface area contributed by atoms with Crippen LogP contribution in [0, 0.1) is 13.8 Å². The van der Waals surface area contributed by atoms with Crippen LogP contribution in [-0.4, -0.2) is 17.1 Å². The fourth-order valence-corrected chi connectivity index (χ4v) is 2.81. The topological polar surface area (TPSA) is 59.1 Å². The lowest BCUT2D eigenvalue weighted by Crippen LogP contribution is -2.03. The molecule has 0 atom stereocenters. The third kappa shape index (κ3) is 4.28. The summed E-state index contributed by atoms with van der Waals surface area (Å²) in [7, 11) is 1.65. The third-order valence-corrected chi connectivity index (χ3v) is 4.28. The van der Waals surface area contributed by atoms with Crippen LogP contribution >= 0.6 is 15.9 Å². The quantitative estimate of drug-likeness (QED) is 0.606. The average molecular weight is 399 g/mol. The van der Waals surface area contributed by atoms with Crippen LogP contribution in [0.25, 0.3) is 0 Å². The molecule has 2 aromatic carbocycles. The predicted octanol–water partition coefficient (Wildman–Crippen LogP) is 5.35. The van der Waals surface area contributed by atoms with Gasteiger partial charge in [-0.05, 0) is 59.6 Å². The predicted molar refractivity (Wildman–Crippen MR) is 105 cm³/mol. The van der Waals surface area contributed by atoms with E-state index in [9.17, 15) is 0 Å². The van der Waals surface area contributed by atoms with Crippen molar-refractivity contribution < 1.29 is 4.74 Å². The van der Waals surface area contributed by atoms with Gasteiger partial charge in [0.15, 0.2) is 0 Å². The van der Waals surface area contributed by atoms with Crippen molar-refractivity contribution in [1.82, 2.24) is 9.97 Å². The van der Waals surface area contributed by atoms with Crippen LogP contribution in [0.5, 0.6) is 5.75 Å². The Hall–Kier alpha value is -2.60. The van der Waals surface area contributed by atoms with Gasteiger partial charge < -0.3 is 15.4 Å². The first-order chi connectivity index (χ1) is 12.0. The summed E-state index contributed by atoms with van der Waals surface area (Å²) in [6, 6.07) is 15.7. The summed E-state index contributed by atoms with van der Waals surface area (Å²) >= 11 is 3.52. The van der Waals surface area contributed by atoms with Crippen LogP contribution in [-0.2, 0) is 0 Å². The van der Waals surface area contributed by atoms with Crippen LogP contribution in [0.3, 0.4) is 0 Å². The van der Waals surface area contributed by atoms with E-state index in [1.807, 2.05) is 62.4 Å². The van der Waals surface area contributed by atoms with E-state index >= 15 is 0 Å². The number of benzene rings is 2. The van der Waals surface area contributed by atoms with Crippen molar-refractivity contribution in [2.45, 2.75) is 13.8 Å². The molecule has 0 aliphatic heterocycles. The highest BCUT2D eigenvalue weighted by atomic mass is 79.9. The van der Waals surface area contributed by atoms with E-state index in [-0.39, 0.29) is 0 Å². The lowest BCUT2D eigenvalue weighted by atomic mass is 10.2. The monoisotopic (exact) mass is 398 g/mol. The Morgan fingerprint density at radius 3 is 2.48 bits per heavy atom. The van der Waals surface area contributed by atoms with Gasteiger partial charge in [-0.15, -0.1) is 0 Å². The summed E-state index contributed by atoms with van der Waals surface area (Å²) < 4.78 is 6.37. The molecule has 2 N–H and O–H groups in total. The summed E-state index contributed by atoms with van der Waals surface area (Å²) in [6.45, 7) is 3.97. The maximum Gasteiger partial charge on any atom is 0.229 e. The third-order valence-electron chi connectivity index (χ3n) is 3.59. The second kappa shape index (κ2) is 7.53. The van der Waals surface area contributed by atoms with Crippen molar-refractivity contribution in [2.24, 2.45) is 0 Å². The van der Waals surface area contributed by atoms with E-state index in [0.29, 0.717) is 11.8 Å². The van der Waals surface area contributed by atoms with Gasteiger partial charge in [-0.25, -0.2) is 4.98 Å². The van der Waals surface area contributed by atoms with E-state index < -0.39 is 0 Å². The van der Waals surface area contributed by atoms with Crippen molar-refractivity contribution in [2.75, 3.05) is 17.7 Å². The number of rotatable bonds is 5. The number of aryl methyl sites for hydroxylation is 2. The fourth-order valence-electron chi connectivity index (χ4n) is 2.43. The van der Waals surface area contributed by atoms with Gasteiger partial charge in [0.2, 0.25) is 5.95 Å². The number of methoxy groups -OCH3 is 1. The van der Waals surface area contributed by atoms with Crippen LogP contribution in [0.1, 0.15) is 11.3 Å². The molecule has 0 aliphatic rings. The summed E-state index contributed by atoms with van der Waals surface area (Å²) in [4.78, 5) is 9.02. The summed E-state index contributed by atoms with van der Waals surface area (Å²) in [5, 5.41) is 6.56. The van der Waals surface area contributed by atoms with E-state index in [4.69, 9.17) is 4.74 Å². The Morgan fingerprint density at radius 1 is 0.920 bits per heavy atom. The number of nitrogens with one attached hydrogen (secondary N) is 2. The average Bonchev–Trinajstić information content (AvgIpc) is 2.57. The largest absolute Gasteiger partial charge is 0.495 e. The zero-order chi connectivity index (χ0) is 17.8. The maximum absolute atomic E-state index is 5.42. The van der Waals surface area contributed by atoms with Crippen molar-refractivity contribution in [3.05, 3.63) is 64.3 Å². The highest BCUT2D eigenvalue weighted by Crippen LogP contribution is 2.29. The second-order valence-electron chi connectivity index (χ2n) is 5.65. The summed E-state index contributed by atoms with van der Waals surface area (Å²) in [5.74, 6) is 1.99. The van der Waals surface area contributed by atoms with Gasteiger partial charge >= 0.3 is 0 Å². The standard InChI is InChI=1S/C19H19BrN4O/c1-12-8-9-17(25-3)16(10-12)22-18-11-13(2)21-19(24-18)23-15-7-5-4-6-14(15)20/h4-11H,1-3H3,(H2,21,22,23,24). The minimum Gasteiger partial charge on any atom is -0.495 e. The first kappa shape index (κ1) is 17.2. The Morgan fingerprint density at radius 2 is 1.72 bits per heavy atom. The summed E-state index contributed by atoms with van der Waals surface area (Å²) in [5.41, 5.74) is 3.78. The lowest BCUT2D eigenvalue weighted by Gasteiger charge is -2.13. The molecule has 1 heterocycles. The van der Waals surface area contributed by atoms with Gasteiger partial charge in [0.25, 0.3) is 0 Å². The smallest absolute Gasteiger partial charge is 0.229 e. The second-order valence-corrected chi connectivity index (χ2v) is 6.51. The van der Waals surface area contributed by atoms with Gasteiger partial charge in [0, 0.05) is 16.2 Å². The van der Waals surface area contributed by atoms with Gasteiger partial charge in [0.1, 0.15) is 11.6 Å². The molecule has 0 bridgehead atoms. The molecule has 128 valence electrons. The van der Waals surface area contributed by atoms with E-state index in [1.54, 1.807) is 7.11 Å². The van der Waals surface area contributed by atoms with E-state index in [2.05, 4.69) is 36.5 Å². The Labute approximate surface area is 155 Å². The fraction of sp³-hybridized carbons (Fsp3) is 0.158. The number of anilines is 4. The number of para-hydroxylation sites is 1. The van der Waals surface area contributed by atoms with Crippen molar-refractivity contribution in [1.29, 1.82) is 0 Å². The molecule has 0 saturated heterocycles. The molecule has 0 fully saturated rings. The molecule has 6 heteroatoms. The van der Waals surface area contributed by atoms with Crippen LogP contribution in [0.4, 0.5) is 23.1 Å². The van der Waals surface area contributed by atoms with Crippen LogP contribution in [0.2, 0.25) is 0 Å². The number of aromatic nitrogens is 2. The lowest BCUT2D eigenvalue weighted by molar-refractivity contribution is 0.416. The molecule has 25 heavy (non-hydrogen) atoms. The molecule has 1 aromatic heterocycles. The number of hydrogen-bond donors (Lipinski definition) is 2. The maximum atomic E-state index is 5.42. The molecule has 0 aliphatic carbocycles. The Balaban J connectivity index is 1.90. The minimum atomic E-state index is 0.529. The summed E-state index contributed by atoms with van der Waals surface area (Å²) in [6.07, 6.45) is 0. The SMILES string of the molecule is COc1ccc(C)cc1Nc1cc(C)nc(Nc2ccccc2Br)n1. The van der Waals surface area contributed by atoms with Crippen LogP contribution < -0.4 is 15.4 Å². The van der Waals surface area contributed by atoms with Crippen molar-refractivity contribution in [3.8, 4) is 5.75 Å². The first-order valence-corrected chi connectivity index (χ1v) is 8.63. The highest BCUT2D eigenvalue weighted by molar-refractivity contribution is 9.10. The van der Waals surface area contributed by atoms with Gasteiger partial charge in [-0.2, -0.15) is 4.98 Å². The molecular weight excluding hydrogens is 380 g/mol. The first-order valence-electron chi connectivity index (χ1n) is 7.84. The minimum absolute atomic E-state index is 0.529. The van der Waals surface area contributed by atoms with Crippen LogP contribution in [0.15, 0.2) is 53.0 Å². The van der Waals surface area contributed by atoms with Gasteiger partial charge in [-0.1, -0.05) is 18.2 Å². The molecule has 0 unspecified atom stereocenters. The number of hydrogen-bond acceptors (Lipinski definition) is 5. The molecule has 0 amide bonds. The van der Waals surface area contributed by atoms with Gasteiger partial charge in [0.05, 0.1) is 18.5 Å².